The summed E-state index contributed by atoms with van der Waals surface area (Å²) in [6, 6.07) is 5.16. The maximum Gasteiger partial charge on any atom is 0.124 e. The van der Waals surface area contributed by atoms with Gasteiger partial charge < -0.3 is 5.32 Å². The molecule has 0 aliphatic heterocycles. The molecule has 0 saturated carbocycles. The first kappa shape index (κ1) is 14.7. The van der Waals surface area contributed by atoms with Crippen molar-refractivity contribution in [2.75, 3.05) is 7.05 Å². The fraction of sp³-hybridized carbons (Fsp3) is 0.571. The van der Waals surface area contributed by atoms with E-state index in [1.165, 1.54) is 12.1 Å². The number of halogens is 2. The van der Waals surface area contributed by atoms with Crippen molar-refractivity contribution >= 4 is 15.9 Å². The lowest BCUT2D eigenvalue weighted by Gasteiger charge is -2.24. The molecule has 1 unspecified atom stereocenters. The molecule has 0 aromatic heterocycles. The molecule has 0 aliphatic rings. The summed E-state index contributed by atoms with van der Waals surface area (Å²) >= 11 is 3.43. The molecule has 0 spiro atoms. The lowest BCUT2D eigenvalue weighted by Crippen LogP contribution is -2.19. The van der Waals surface area contributed by atoms with Crippen molar-refractivity contribution in [1.29, 1.82) is 0 Å². The van der Waals surface area contributed by atoms with Crippen LogP contribution in [0.25, 0.3) is 0 Å². The summed E-state index contributed by atoms with van der Waals surface area (Å²) in [5.74, 6) is -0.203. The number of benzene rings is 1. The van der Waals surface area contributed by atoms with E-state index in [1.807, 2.05) is 13.1 Å². The van der Waals surface area contributed by atoms with Crippen LogP contribution in [0.2, 0.25) is 0 Å². The smallest absolute Gasteiger partial charge is 0.124 e. The molecule has 0 radical (unpaired) electrons. The molecule has 1 rings (SSSR count). The minimum absolute atomic E-state index is 0.203. The van der Waals surface area contributed by atoms with Crippen molar-refractivity contribution in [2.24, 2.45) is 5.41 Å². The predicted molar refractivity (Wildman–Crippen MR) is 74.6 cm³/mol. The van der Waals surface area contributed by atoms with Gasteiger partial charge in [-0.25, -0.2) is 4.39 Å². The predicted octanol–water partition coefficient (Wildman–Crippen LogP) is 4.68. The Kier molecular flexibility index (Phi) is 5.14. The molecule has 1 nitrogen and oxygen atoms in total. The van der Waals surface area contributed by atoms with Crippen LogP contribution >= 0.6 is 15.9 Å². The average molecular weight is 302 g/mol. The summed E-state index contributed by atoms with van der Waals surface area (Å²) in [6.07, 6.45) is 2.17. The van der Waals surface area contributed by atoms with Gasteiger partial charge in [-0.1, -0.05) is 42.8 Å². The Balaban J connectivity index is 2.79. The molecule has 1 aromatic rings. The highest BCUT2D eigenvalue weighted by molar-refractivity contribution is 9.10. The highest BCUT2D eigenvalue weighted by atomic mass is 79.9. The lowest BCUT2D eigenvalue weighted by molar-refractivity contribution is 0.337. The molecule has 0 bridgehead atoms. The molecule has 0 fully saturated rings. The van der Waals surface area contributed by atoms with Crippen LogP contribution in [0.15, 0.2) is 22.7 Å². The second-order valence-corrected chi connectivity index (χ2v) is 6.46. The quantitative estimate of drug-likeness (QED) is 0.852. The highest BCUT2D eigenvalue weighted by Crippen LogP contribution is 2.31. The van der Waals surface area contributed by atoms with E-state index in [0.29, 0.717) is 5.41 Å². The van der Waals surface area contributed by atoms with Gasteiger partial charge in [-0.3, -0.25) is 0 Å². The van der Waals surface area contributed by atoms with E-state index in [4.69, 9.17) is 0 Å². The maximum absolute atomic E-state index is 13.0. The van der Waals surface area contributed by atoms with E-state index in [0.717, 1.165) is 22.9 Å². The molecule has 1 atom stereocenters. The third-order valence-electron chi connectivity index (χ3n) is 2.87. The fourth-order valence-electron chi connectivity index (χ4n) is 1.82. The van der Waals surface area contributed by atoms with Gasteiger partial charge in [0.1, 0.15) is 5.82 Å². The molecule has 0 amide bonds. The van der Waals surface area contributed by atoms with Gasteiger partial charge in [0, 0.05) is 10.5 Å². The standard InChI is InChI=1S/C14H21BrFN/c1-14(2,3)8-7-13(17-4)11-6-5-10(16)9-12(11)15/h5-6,9,13,17H,7-8H2,1-4H3. The highest BCUT2D eigenvalue weighted by Gasteiger charge is 2.17. The van der Waals surface area contributed by atoms with Gasteiger partial charge in [-0.15, -0.1) is 0 Å². The van der Waals surface area contributed by atoms with Crippen molar-refractivity contribution in [3.05, 3.63) is 34.1 Å². The Morgan fingerprint density at radius 3 is 2.47 bits per heavy atom. The minimum atomic E-state index is -0.203. The van der Waals surface area contributed by atoms with Crippen molar-refractivity contribution in [1.82, 2.24) is 5.32 Å². The normalized spacial score (nSPS) is 13.8. The molecule has 0 aliphatic carbocycles. The van der Waals surface area contributed by atoms with Gasteiger partial charge in [0.05, 0.1) is 0 Å². The lowest BCUT2D eigenvalue weighted by atomic mass is 9.87. The third-order valence-corrected chi connectivity index (χ3v) is 3.56. The second-order valence-electron chi connectivity index (χ2n) is 5.61. The molecule has 1 aromatic carbocycles. The first-order valence-corrected chi connectivity index (χ1v) is 6.75. The molecule has 1 N–H and O–H groups in total. The van der Waals surface area contributed by atoms with Crippen LogP contribution in [-0.4, -0.2) is 7.05 Å². The summed E-state index contributed by atoms with van der Waals surface area (Å²) < 4.78 is 13.9. The summed E-state index contributed by atoms with van der Waals surface area (Å²) in [5.41, 5.74) is 1.44. The van der Waals surface area contributed by atoms with Gasteiger partial charge in [0.2, 0.25) is 0 Å². The summed E-state index contributed by atoms with van der Waals surface area (Å²) in [7, 11) is 1.95. The van der Waals surface area contributed by atoms with Crippen LogP contribution in [0, 0.1) is 11.2 Å². The first-order valence-electron chi connectivity index (χ1n) is 5.96. The number of hydrogen-bond acceptors (Lipinski definition) is 1. The van der Waals surface area contributed by atoms with Gasteiger partial charge >= 0.3 is 0 Å². The van der Waals surface area contributed by atoms with E-state index in [-0.39, 0.29) is 11.9 Å². The largest absolute Gasteiger partial charge is 0.313 e. The van der Waals surface area contributed by atoms with Crippen molar-refractivity contribution < 1.29 is 4.39 Å². The number of nitrogens with one attached hydrogen (secondary N) is 1. The van der Waals surface area contributed by atoms with Crippen molar-refractivity contribution in [3.63, 3.8) is 0 Å². The summed E-state index contributed by atoms with van der Waals surface area (Å²) in [6.45, 7) is 6.71. The van der Waals surface area contributed by atoms with Crippen LogP contribution in [0.3, 0.4) is 0 Å². The number of hydrogen-bond donors (Lipinski definition) is 1. The summed E-state index contributed by atoms with van der Waals surface area (Å²) in [4.78, 5) is 0. The Bertz CT molecular complexity index is 371. The zero-order valence-electron chi connectivity index (χ0n) is 11.0. The van der Waals surface area contributed by atoms with E-state index >= 15 is 0 Å². The van der Waals surface area contributed by atoms with Crippen molar-refractivity contribution in [2.45, 2.75) is 39.7 Å². The van der Waals surface area contributed by atoms with Crippen LogP contribution in [-0.2, 0) is 0 Å². The molecule has 17 heavy (non-hydrogen) atoms. The SMILES string of the molecule is CNC(CCC(C)(C)C)c1ccc(F)cc1Br. The van der Waals surface area contributed by atoms with Gasteiger partial charge in [0.15, 0.2) is 0 Å². The van der Waals surface area contributed by atoms with Crippen molar-refractivity contribution in [3.8, 4) is 0 Å². The fourth-order valence-corrected chi connectivity index (χ4v) is 2.44. The Morgan fingerprint density at radius 2 is 2.00 bits per heavy atom. The van der Waals surface area contributed by atoms with Crippen LogP contribution < -0.4 is 5.32 Å². The zero-order chi connectivity index (χ0) is 13.1. The Hall–Kier alpha value is -0.410. The molecular weight excluding hydrogens is 281 g/mol. The summed E-state index contributed by atoms with van der Waals surface area (Å²) in [5, 5.41) is 3.30. The van der Waals surface area contributed by atoms with Gasteiger partial charge in [-0.05, 0) is 43.0 Å². The Morgan fingerprint density at radius 1 is 1.35 bits per heavy atom. The molecule has 0 saturated heterocycles. The molecular formula is C14H21BrFN. The van der Waals surface area contributed by atoms with E-state index in [2.05, 4.69) is 42.0 Å². The van der Waals surface area contributed by atoms with Crippen LogP contribution in [0.4, 0.5) is 4.39 Å². The van der Waals surface area contributed by atoms with Crippen LogP contribution in [0.1, 0.15) is 45.2 Å². The maximum atomic E-state index is 13.0. The zero-order valence-corrected chi connectivity index (χ0v) is 12.6. The second kappa shape index (κ2) is 5.96. The molecule has 3 heteroatoms. The molecule has 0 heterocycles. The minimum Gasteiger partial charge on any atom is -0.313 e. The van der Waals surface area contributed by atoms with Gasteiger partial charge in [0.25, 0.3) is 0 Å². The van der Waals surface area contributed by atoms with E-state index < -0.39 is 0 Å². The van der Waals surface area contributed by atoms with Gasteiger partial charge in [-0.2, -0.15) is 0 Å². The van der Waals surface area contributed by atoms with E-state index in [1.54, 1.807) is 0 Å². The van der Waals surface area contributed by atoms with E-state index in [9.17, 15) is 4.39 Å². The number of rotatable bonds is 4. The molecule has 96 valence electrons. The van der Waals surface area contributed by atoms with Crippen LogP contribution in [0.5, 0.6) is 0 Å². The monoisotopic (exact) mass is 301 g/mol. The average Bonchev–Trinajstić information content (AvgIpc) is 2.19. The Labute approximate surface area is 112 Å². The first-order chi connectivity index (χ1) is 7.83. The topological polar surface area (TPSA) is 12.0 Å². The third kappa shape index (κ3) is 4.76.